The van der Waals surface area contributed by atoms with Crippen LogP contribution in [0.25, 0.3) is 0 Å². The largest absolute Gasteiger partial charge is 0.320 e. The molecule has 1 N–H and O–H groups in total. The average Bonchev–Trinajstić information content (AvgIpc) is 1.37. The molecule has 0 radical (unpaired) electrons. The van der Waals surface area contributed by atoms with Gasteiger partial charge < -0.3 is 5.32 Å². The van der Waals surface area contributed by atoms with Crippen LogP contribution in [0.2, 0.25) is 0 Å². The van der Waals surface area contributed by atoms with Gasteiger partial charge in [-0.25, -0.2) is 0 Å². The van der Waals surface area contributed by atoms with E-state index in [0.29, 0.717) is 0 Å². The summed E-state index contributed by atoms with van der Waals surface area (Å²) in [6.07, 6.45) is 0. The van der Waals surface area contributed by atoms with Gasteiger partial charge in [-0.05, 0) is 13.6 Å². The van der Waals surface area contributed by atoms with Crippen molar-refractivity contribution in [1.29, 1.82) is 0 Å². The van der Waals surface area contributed by atoms with Crippen molar-refractivity contribution >= 4 is 0 Å². The van der Waals surface area contributed by atoms with Crippen LogP contribution in [0.3, 0.4) is 0 Å². The molecule has 0 aliphatic carbocycles. The van der Waals surface area contributed by atoms with Crippen molar-refractivity contribution < 1.29 is 0 Å². The monoisotopic (exact) mass is 107 g/mol. The lowest BCUT2D eigenvalue weighted by Gasteiger charge is -1.76. The lowest BCUT2D eigenvalue weighted by atomic mass is 10.8. The molecule has 1 heteroatoms. The van der Waals surface area contributed by atoms with Gasteiger partial charge in [0.1, 0.15) is 0 Å². The second-order valence-corrected chi connectivity index (χ2v) is 0.707. The molecule has 0 heterocycles. The Kier molecular flexibility index (Phi) is 154. The zero-order chi connectivity index (χ0) is 3.41. The van der Waals surface area contributed by atoms with Crippen LogP contribution in [0.1, 0.15) is 29.2 Å². The molecule has 0 saturated heterocycles. The predicted octanol–water partition coefficient (Wildman–Crippen LogP) is 2.13. The fraction of sp³-hybridized carbons (Fsp3) is 1.00. The third-order valence-corrected chi connectivity index (χ3v) is 0.354. The van der Waals surface area contributed by atoms with Gasteiger partial charge >= 0.3 is 0 Å². The highest BCUT2D eigenvalue weighted by atomic mass is 14.8. The summed E-state index contributed by atoms with van der Waals surface area (Å²) in [6, 6.07) is 0. The summed E-state index contributed by atoms with van der Waals surface area (Å²) in [6.45, 7) is 3.14. The first-order valence-corrected chi connectivity index (χ1v) is 1.56. The Morgan fingerprint density at radius 2 is 1.29 bits per heavy atom. The van der Waals surface area contributed by atoms with Crippen LogP contribution in [-0.4, -0.2) is 13.6 Å². The molecule has 0 aliphatic heterocycles. The summed E-state index contributed by atoms with van der Waals surface area (Å²) in [4.78, 5) is 0. The van der Waals surface area contributed by atoms with Crippen molar-refractivity contribution in [3.8, 4) is 0 Å². The van der Waals surface area contributed by atoms with Gasteiger partial charge in [-0.1, -0.05) is 29.2 Å². The van der Waals surface area contributed by atoms with Crippen molar-refractivity contribution in [2.75, 3.05) is 13.6 Å². The Bertz CT molecular complexity index is 6.14. The van der Waals surface area contributed by atoms with E-state index in [1.54, 1.807) is 0 Å². The van der Waals surface area contributed by atoms with Crippen LogP contribution < -0.4 is 5.32 Å². The van der Waals surface area contributed by atoms with E-state index in [4.69, 9.17) is 0 Å². The second kappa shape index (κ2) is 38.2. The minimum Gasteiger partial charge on any atom is -0.320 e. The van der Waals surface area contributed by atoms with E-state index in [0.717, 1.165) is 6.54 Å². The highest BCUT2D eigenvalue weighted by Crippen LogP contribution is 1.34. The average molecular weight is 107 g/mol. The summed E-state index contributed by atoms with van der Waals surface area (Å²) in [5.41, 5.74) is 0. The molecule has 0 aromatic heterocycles. The van der Waals surface area contributed by atoms with Crippen LogP contribution in [-0.2, 0) is 0 Å². The van der Waals surface area contributed by atoms with Gasteiger partial charge in [0.05, 0.1) is 0 Å². The molecule has 0 aliphatic rings. The molecule has 0 aromatic rings. The van der Waals surface area contributed by atoms with E-state index in [-0.39, 0.29) is 22.3 Å². The molecule has 0 amide bonds. The normalized spacial score (nSPS) is 4.29. The van der Waals surface area contributed by atoms with Crippen LogP contribution >= 0.6 is 0 Å². The Morgan fingerprint density at radius 3 is 1.29 bits per heavy atom. The molecule has 0 fully saturated rings. The Morgan fingerprint density at radius 1 is 1.14 bits per heavy atom. The third-order valence-electron chi connectivity index (χ3n) is 0.354. The van der Waals surface area contributed by atoms with Gasteiger partial charge in [-0.3, -0.25) is 0 Å². The van der Waals surface area contributed by atoms with Gasteiger partial charge in [0, 0.05) is 0 Å². The van der Waals surface area contributed by atoms with Crippen LogP contribution in [0.5, 0.6) is 0 Å². The predicted molar refractivity (Wildman–Crippen MR) is 39.8 cm³/mol. The zero-order valence-corrected chi connectivity index (χ0v) is 3.21. The first kappa shape index (κ1) is 28.2. The molecule has 0 spiro atoms. The molecule has 0 saturated carbocycles. The number of rotatable bonds is 1. The van der Waals surface area contributed by atoms with E-state index in [1.807, 2.05) is 7.05 Å². The second-order valence-electron chi connectivity index (χ2n) is 0.707. The first-order chi connectivity index (χ1) is 1.91. The lowest BCUT2D eigenvalue weighted by Crippen LogP contribution is -2.01. The number of hydrogen-bond donors (Lipinski definition) is 1. The van der Waals surface area contributed by atoms with Gasteiger partial charge in [0.15, 0.2) is 0 Å². The van der Waals surface area contributed by atoms with Crippen molar-refractivity contribution in [3.05, 3.63) is 0 Å². The Balaban J connectivity index is -0.0000000150. The highest BCUT2D eigenvalue weighted by Gasteiger charge is 1.50. The standard InChI is InChI=1S/C3H9N.3CH4/c1-3-4-2;;;/h4H,3H2,1-2H3;3*1H4. The molecule has 0 rings (SSSR count). The molecule has 0 bridgehead atoms. The SMILES string of the molecule is C.C.C.CCNC. The van der Waals surface area contributed by atoms with Crippen molar-refractivity contribution in [3.63, 3.8) is 0 Å². The number of nitrogens with one attached hydrogen (secondary N) is 1. The maximum absolute atomic E-state index is 2.93. The summed E-state index contributed by atoms with van der Waals surface area (Å²) < 4.78 is 0. The molecular weight excluding hydrogens is 86.1 g/mol. The van der Waals surface area contributed by atoms with Crippen molar-refractivity contribution in [2.24, 2.45) is 0 Å². The third kappa shape index (κ3) is 101. The van der Waals surface area contributed by atoms with E-state index in [1.165, 1.54) is 0 Å². The summed E-state index contributed by atoms with van der Waals surface area (Å²) in [7, 11) is 1.93. The van der Waals surface area contributed by atoms with E-state index >= 15 is 0 Å². The molecule has 50 valence electrons. The Hall–Kier alpha value is -0.0400. The molecule has 0 unspecified atom stereocenters. The zero-order valence-electron chi connectivity index (χ0n) is 3.21. The van der Waals surface area contributed by atoms with Crippen LogP contribution in [0, 0.1) is 0 Å². The fourth-order valence-corrected chi connectivity index (χ4v) is 0. The molecule has 0 atom stereocenters. The first-order valence-electron chi connectivity index (χ1n) is 1.56. The minimum atomic E-state index is 0. The highest BCUT2D eigenvalue weighted by molar-refractivity contribution is 4.15. The van der Waals surface area contributed by atoms with E-state index in [9.17, 15) is 0 Å². The summed E-state index contributed by atoms with van der Waals surface area (Å²) >= 11 is 0. The number of hydrogen-bond acceptors (Lipinski definition) is 1. The Labute approximate surface area is 49.1 Å². The van der Waals surface area contributed by atoms with Gasteiger partial charge in [0.2, 0.25) is 0 Å². The topological polar surface area (TPSA) is 12.0 Å². The quantitative estimate of drug-likeness (QED) is 0.541. The van der Waals surface area contributed by atoms with Crippen LogP contribution in [0.4, 0.5) is 0 Å². The van der Waals surface area contributed by atoms with Gasteiger partial charge in [0.25, 0.3) is 0 Å². The van der Waals surface area contributed by atoms with Gasteiger partial charge in [-0.2, -0.15) is 0 Å². The molecular formula is C6H21N. The maximum atomic E-state index is 2.93. The minimum absolute atomic E-state index is 0. The summed E-state index contributed by atoms with van der Waals surface area (Å²) in [5, 5.41) is 2.93. The fourth-order valence-electron chi connectivity index (χ4n) is 0. The smallest absolute Gasteiger partial charge is 0.00804 e. The van der Waals surface area contributed by atoms with E-state index < -0.39 is 0 Å². The lowest BCUT2D eigenvalue weighted by molar-refractivity contribution is 0.864. The summed E-state index contributed by atoms with van der Waals surface area (Å²) in [5.74, 6) is 0. The van der Waals surface area contributed by atoms with E-state index in [2.05, 4.69) is 12.2 Å². The molecule has 0 aromatic carbocycles. The van der Waals surface area contributed by atoms with Crippen LogP contribution in [0.15, 0.2) is 0 Å². The maximum Gasteiger partial charge on any atom is -0.00804 e. The molecule has 7 heavy (non-hydrogen) atoms. The van der Waals surface area contributed by atoms with Gasteiger partial charge in [-0.15, -0.1) is 0 Å². The van der Waals surface area contributed by atoms with Crippen molar-refractivity contribution in [2.45, 2.75) is 29.2 Å². The van der Waals surface area contributed by atoms with Crippen molar-refractivity contribution in [1.82, 2.24) is 5.32 Å². The molecule has 1 nitrogen and oxygen atoms in total.